The zero-order chi connectivity index (χ0) is 23.3. The molecule has 1 aromatic carbocycles. The van der Waals surface area contributed by atoms with Crippen molar-refractivity contribution in [2.24, 2.45) is 11.8 Å². The van der Waals surface area contributed by atoms with Crippen LogP contribution in [0, 0.1) is 17.7 Å². The Hall–Kier alpha value is -0.900. The summed E-state index contributed by atoms with van der Waals surface area (Å²) in [6.07, 6.45) is 4.23. The molecule has 0 spiro atoms. The fourth-order valence-corrected chi connectivity index (χ4v) is 5.74. The molecule has 3 saturated heterocycles. The molecular weight excluding hydrogens is 423 g/mol. The molecule has 4 aliphatic rings. The summed E-state index contributed by atoms with van der Waals surface area (Å²) >= 11 is 3.53. The highest BCUT2D eigenvalue weighted by atomic mass is 32.1. The molecular formula is C24H43FN6S. The molecule has 0 radical (unpaired) electrons. The van der Waals surface area contributed by atoms with Gasteiger partial charge in [-0.05, 0) is 70.3 Å². The molecule has 5 rings (SSSR count). The first-order chi connectivity index (χ1) is 15.6. The Bertz CT molecular complexity index is 723. The Morgan fingerprint density at radius 3 is 2.41 bits per heavy atom. The van der Waals surface area contributed by atoms with E-state index in [0.717, 1.165) is 29.3 Å². The number of likely N-dealkylation sites (tertiary alicyclic amines) is 1. The summed E-state index contributed by atoms with van der Waals surface area (Å²) in [7, 11) is 4.34. The molecule has 8 heteroatoms. The molecule has 6 nitrogen and oxygen atoms in total. The van der Waals surface area contributed by atoms with Gasteiger partial charge in [0.05, 0.1) is 11.9 Å². The molecule has 0 aromatic heterocycles. The van der Waals surface area contributed by atoms with Crippen molar-refractivity contribution in [2.75, 3.05) is 65.0 Å². The third-order valence-corrected chi connectivity index (χ3v) is 7.41. The monoisotopic (exact) mass is 466 g/mol. The van der Waals surface area contributed by atoms with Gasteiger partial charge < -0.3 is 15.6 Å². The topological polar surface area (TPSA) is 45.8 Å². The molecule has 4 heterocycles. The van der Waals surface area contributed by atoms with Crippen LogP contribution in [0.2, 0.25) is 0 Å². The Balaban J connectivity index is 0.000000686. The zero-order valence-electron chi connectivity index (χ0n) is 20.5. The maximum Gasteiger partial charge on any atom is 0.129 e. The first-order valence-corrected chi connectivity index (χ1v) is 13.1. The number of halogens is 1. The lowest BCUT2D eigenvalue weighted by molar-refractivity contribution is 0.0916. The van der Waals surface area contributed by atoms with Crippen LogP contribution in [-0.2, 0) is 6.54 Å². The number of thiol groups is 1. The minimum absolute atomic E-state index is 0.0146. The van der Waals surface area contributed by atoms with E-state index in [1.807, 2.05) is 19.9 Å². The number of nitrogens with one attached hydrogen (secondary N) is 3. The number of hydrogen-bond acceptors (Lipinski definition) is 7. The van der Waals surface area contributed by atoms with Gasteiger partial charge in [0.1, 0.15) is 5.82 Å². The number of hydrazine groups is 1. The van der Waals surface area contributed by atoms with Gasteiger partial charge in [0.15, 0.2) is 0 Å². The lowest BCUT2D eigenvalue weighted by Gasteiger charge is -2.40. The van der Waals surface area contributed by atoms with Crippen molar-refractivity contribution in [3.63, 3.8) is 0 Å². The van der Waals surface area contributed by atoms with Crippen molar-refractivity contribution in [1.29, 1.82) is 0 Å². The predicted octanol–water partition coefficient (Wildman–Crippen LogP) is 3.00. The van der Waals surface area contributed by atoms with Gasteiger partial charge in [-0.2, -0.15) is 12.6 Å². The first-order valence-electron chi connectivity index (χ1n) is 12.2. The fraction of sp³-hybridized carbons (Fsp3) is 0.750. The smallest absolute Gasteiger partial charge is 0.129 e. The van der Waals surface area contributed by atoms with E-state index in [4.69, 9.17) is 0 Å². The van der Waals surface area contributed by atoms with E-state index < -0.39 is 0 Å². The number of fused-ring (bicyclic) bond motifs is 1. The standard InChI is InChI=1S/C21H33FN6.C2H6.CH4S/c1-26-13-19(15-5-7-28(8-6-15)12-14-9-23-10-14)27(2)21(26)20-16-11-24-25-18(16)4-3-17(20)22;2*1-2/h3-4,14-15,19,21,23-25H,5-13H2,1-2H3;1-2H3;2H,1H3. The average Bonchev–Trinajstić information content (AvgIpc) is 3.39. The van der Waals surface area contributed by atoms with Gasteiger partial charge in [-0.3, -0.25) is 9.80 Å². The largest absolute Gasteiger partial charge is 0.321 e. The van der Waals surface area contributed by atoms with E-state index >= 15 is 0 Å². The highest BCUT2D eigenvalue weighted by Crippen LogP contribution is 2.41. The van der Waals surface area contributed by atoms with Gasteiger partial charge in [0.2, 0.25) is 0 Å². The average molecular weight is 467 g/mol. The Morgan fingerprint density at radius 2 is 1.78 bits per heavy atom. The second kappa shape index (κ2) is 12.0. The van der Waals surface area contributed by atoms with Crippen molar-refractivity contribution in [2.45, 2.75) is 45.4 Å². The normalized spacial score (nSPS) is 27.0. The molecule has 0 aliphatic carbocycles. The van der Waals surface area contributed by atoms with Gasteiger partial charge in [0.25, 0.3) is 0 Å². The number of anilines is 1. The number of likely N-dealkylation sites (N-methyl/N-ethyl adjacent to an activating group) is 2. The van der Waals surface area contributed by atoms with E-state index in [9.17, 15) is 4.39 Å². The van der Waals surface area contributed by atoms with Crippen LogP contribution in [0.25, 0.3) is 0 Å². The van der Waals surface area contributed by atoms with E-state index in [2.05, 4.69) is 57.6 Å². The lowest BCUT2D eigenvalue weighted by Crippen LogP contribution is -2.50. The quantitative estimate of drug-likeness (QED) is 0.512. The number of benzene rings is 1. The Morgan fingerprint density at radius 1 is 1.09 bits per heavy atom. The zero-order valence-corrected chi connectivity index (χ0v) is 21.4. The fourth-order valence-electron chi connectivity index (χ4n) is 5.74. The van der Waals surface area contributed by atoms with Gasteiger partial charge in [-0.25, -0.2) is 9.82 Å². The minimum Gasteiger partial charge on any atom is -0.321 e. The van der Waals surface area contributed by atoms with Crippen LogP contribution in [0.3, 0.4) is 0 Å². The second-order valence-corrected chi connectivity index (χ2v) is 9.17. The number of rotatable bonds is 4. The summed E-state index contributed by atoms with van der Waals surface area (Å²) in [5.74, 6) is 1.47. The van der Waals surface area contributed by atoms with Crippen molar-refractivity contribution in [1.82, 2.24) is 25.4 Å². The lowest BCUT2D eigenvalue weighted by atomic mass is 9.88. The minimum atomic E-state index is -0.0856. The SMILES string of the molecule is CC.CN1CC(C2CCN(CC3CNC3)CC2)N(C)C1c1c(F)ccc2c1CNN2.CS. The summed E-state index contributed by atoms with van der Waals surface area (Å²) in [6.45, 7) is 11.8. The Labute approximate surface area is 199 Å². The van der Waals surface area contributed by atoms with E-state index in [1.54, 1.807) is 12.3 Å². The molecule has 182 valence electrons. The second-order valence-electron chi connectivity index (χ2n) is 9.17. The number of hydrogen-bond donors (Lipinski definition) is 4. The third kappa shape index (κ3) is 5.26. The molecule has 0 bridgehead atoms. The molecule has 1 aromatic rings. The molecule has 2 unspecified atom stereocenters. The first kappa shape index (κ1) is 25.7. The molecule has 4 aliphatic heterocycles. The van der Waals surface area contributed by atoms with Crippen molar-refractivity contribution < 1.29 is 4.39 Å². The van der Waals surface area contributed by atoms with Crippen LogP contribution in [0.15, 0.2) is 12.1 Å². The predicted molar refractivity (Wildman–Crippen MR) is 136 cm³/mol. The van der Waals surface area contributed by atoms with Crippen molar-refractivity contribution >= 4 is 18.3 Å². The maximum atomic E-state index is 14.9. The van der Waals surface area contributed by atoms with Crippen molar-refractivity contribution in [3.8, 4) is 0 Å². The van der Waals surface area contributed by atoms with Gasteiger partial charge in [-0.1, -0.05) is 13.8 Å². The van der Waals surface area contributed by atoms with Crippen LogP contribution in [0.5, 0.6) is 0 Å². The van der Waals surface area contributed by atoms with Crippen LogP contribution < -0.4 is 16.2 Å². The summed E-state index contributed by atoms with van der Waals surface area (Å²) in [4.78, 5) is 7.43. The van der Waals surface area contributed by atoms with Crippen LogP contribution in [0.1, 0.15) is 44.0 Å². The van der Waals surface area contributed by atoms with E-state index in [0.29, 0.717) is 18.5 Å². The van der Waals surface area contributed by atoms with Gasteiger partial charge in [0, 0.05) is 49.9 Å². The molecule has 32 heavy (non-hydrogen) atoms. The molecule has 2 atom stereocenters. The van der Waals surface area contributed by atoms with E-state index in [-0.39, 0.29) is 12.0 Å². The molecule has 0 saturated carbocycles. The number of nitrogens with zero attached hydrogens (tertiary/aromatic N) is 3. The van der Waals surface area contributed by atoms with Crippen molar-refractivity contribution in [3.05, 3.63) is 29.1 Å². The summed E-state index contributed by atoms with van der Waals surface area (Å²) in [5, 5.41) is 3.38. The highest BCUT2D eigenvalue weighted by molar-refractivity contribution is 7.79. The third-order valence-electron chi connectivity index (χ3n) is 7.41. The molecule has 3 N–H and O–H groups in total. The van der Waals surface area contributed by atoms with Crippen LogP contribution in [0.4, 0.5) is 10.1 Å². The van der Waals surface area contributed by atoms with E-state index in [1.165, 1.54) is 45.6 Å². The molecule has 0 amide bonds. The summed E-state index contributed by atoms with van der Waals surface area (Å²) in [6, 6.07) is 3.95. The maximum absolute atomic E-state index is 14.9. The van der Waals surface area contributed by atoms with Crippen LogP contribution >= 0.6 is 12.6 Å². The molecule has 3 fully saturated rings. The summed E-state index contributed by atoms with van der Waals surface area (Å²) in [5.41, 5.74) is 9.25. The summed E-state index contributed by atoms with van der Waals surface area (Å²) < 4.78 is 14.9. The highest BCUT2D eigenvalue weighted by Gasteiger charge is 2.43. The Kier molecular flexibility index (Phi) is 9.64. The number of piperidine rings is 1. The van der Waals surface area contributed by atoms with Crippen LogP contribution in [-0.4, -0.2) is 80.4 Å². The van der Waals surface area contributed by atoms with Gasteiger partial charge in [-0.15, -0.1) is 0 Å². The van der Waals surface area contributed by atoms with Gasteiger partial charge >= 0.3 is 0 Å².